The normalized spacial score (nSPS) is 20.3. The number of alkyl halides is 1. The number of sulfonamides is 1. The molecule has 3 aromatic rings. The average Bonchev–Trinajstić information content (AvgIpc) is 2.80. The molecule has 3 aromatic carbocycles. The van der Waals surface area contributed by atoms with E-state index in [2.05, 4.69) is 15.9 Å². The zero-order chi connectivity index (χ0) is 25.6. The fourth-order valence-electron chi connectivity index (χ4n) is 4.13. The number of fused-ring (bicyclic) bond motifs is 1. The van der Waals surface area contributed by atoms with E-state index in [0.29, 0.717) is 5.56 Å². The van der Waals surface area contributed by atoms with Gasteiger partial charge in [-0.15, -0.1) is 0 Å². The number of nitrogens with zero attached hydrogens (tertiary/aromatic N) is 1. The number of hydrogen-bond acceptors (Lipinski definition) is 5. The number of para-hydroxylation sites is 1. The second kappa shape index (κ2) is 8.91. The SMILES string of the molecule is Cc1ccc(S(=O)(=O)N2c3ccccc3C(=O)[C@@](Br)(C(=O)OC(C)(C)C)[C@H]2c2ccccc2)cc1. The van der Waals surface area contributed by atoms with E-state index in [-0.39, 0.29) is 16.1 Å². The first-order valence-electron chi connectivity index (χ1n) is 11.1. The van der Waals surface area contributed by atoms with E-state index >= 15 is 0 Å². The molecule has 1 aliphatic rings. The van der Waals surface area contributed by atoms with E-state index in [1.54, 1.807) is 81.4 Å². The van der Waals surface area contributed by atoms with E-state index in [0.717, 1.165) is 5.56 Å². The molecular formula is C27H26BrNO5S. The maximum absolute atomic E-state index is 14.2. The molecule has 0 aromatic heterocycles. The molecule has 182 valence electrons. The van der Waals surface area contributed by atoms with Gasteiger partial charge in [0.2, 0.25) is 4.32 Å². The number of rotatable bonds is 4. The van der Waals surface area contributed by atoms with Gasteiger partial charge in [-0.25, -0.2) is 13.2 Å². The van der Waals surface area contributed by atoms with Gasteiger partial charge in [0.05, 0.1) is 10.6 Å². The maximum Gasteiger partial charge on any atom is 0.334 e. The number of ether oxygens (including phenoxy) is 1. The lowest BCUT2D eigenvalue weighted by Gasteiger charge is -2.45. The van der Waals surface area contributed by atoms with Crippen LogP contribution in [0.4, 0.5) is 5.69 Å². The van der Waals surface area contributed by atoms with E-state index in [1.807, 2.05) is 6.92 Å². The van der Waals surface area contributed by atoms with Crippen molar-refractivity contribution in [3.05, 3.63) is 95.6 Å². The minimum absolute atomic E-state index is 0.0484. The maximum atomic E-state index is 14.2. The van der Waals surface area contributed by atoms with Gasteiger partial charge >= 0.3 is 5.97 Å². The zero-order valence-electron chi connectivity index (χ0n) is 19.9. The lowest BCUT2D eigenvalue weighted by molar-refractivity contribution is -0.156. The van der Waals surface area contributed by atoms with Gasteiger partial charge in [0.25, 0.3) is 10.0 Å². The van der Waals surface area contributed by atoms with E-state index in [1.165, 1.54) is 22.5 Å². The molecule has 8 heteroatoms. The Kier molecular flexibility index (Phi) is 6.40. The highest BCUT2D eigenvalue weighted by Gasteiger charge is 2.61. The molecule has 0 radical (unpaired) electrons. The third kappa shape index (κ3) is 4.41. The van der Waals surface area contributed by atoms with Gasteiger partial charge < -0.3 is 4.74 Å². The molecule has 0 fully saturated rings. The number of carbonyl (C=O) groups is 2. The number of esters is 1. The fourth-order valence-corrected chi connectivity index (χ4v) is 6.71. The van der Waals surface area contributed by atoms with Gasteiger partial charge in [0.1, 0.15) is 11.6 Å². The third-order valence-corrected chi connectivity index (χ3v) is 8.63. The van der Waals surface area contributed by atoms with Crippen LogP contribution in [0.25, 0.3) is 0 Å². The van der Waals surface area contributed by atoms with Crippen molar-refractivity contribution in [2.75, 3.05) is 4.31 Å². The van der Waals surface area contributed by atoms with Gasteiger partial charge in [-0.05, 0) is 57.5 Å². The van der Waals surface area contributed by atoms with Gasteiger partial charge in [-0.3, -0.25) is 9.10 Å². The van der Waals surface area contributed by atoms with E-state index < -0.39 is 37.7 Å². The molecule has 0 bridgehead atoms. The van der Waals surface area contributed by atoms with Crippen molar-refractivity contribution in [2.45, 2.75) is 48.6 Å². The average molecular weight is 556 g/mol. The Hall–Kier alpha value is -2.97. The summed E-state index contributed by atoms with van der Waals surface area (Å²) in [7, 11) is -4.22. The van der Waals surface area contributed by atoms with Crippen LogP contribution < -0.4 is 4.31 Å². The van der Waals surface area contributed by atoms with Crippen molar-refractivity contribution >= 4 is 43.4 Å². The van der Waals surface area contributed by atoms with Gasteiger partial charge in [0, 0.05) is 5.56 Å². The first-order valence-corrected chi connectivity index (χ1v) is 13.3. The number of halogens is 1. The zero-order valence-corrected chi connectivity index (χ0v) is 22.3. The Morgan fingerprint density at radius 3 is 2.11 bits per heavy atom. The van der Waals surface area contributed by atoms with E-state index in [9.17, 15) is 18.0 Å². The molecule has 35 heavy (non-hydrogen) atoms. The van der Waals surface area contributed by atoms with Crippen LogP contribution in [0.5, 0.6) is 0 Å². The van der Waals surface area contributed by atoms with Gasteiger partial charge in [0.15, 0.2) is 5.78 Å². The molecule has 0 saturated carbocycles. The monoisotopic (exact) mass is 555 g/mol. The lowest BCUT2D eigenvalue weighted by Crippen LogP contribution is -2.59. The quantitative estimate of drug-likeness (QED) is 0.237. The Balaban J connectivity index is 2.06. The molecule has 0 unspecified atom stereocenters. The molecule has 2 atom stereocenters. The molecule has 0 amide bonds. The molecule has 0 saturated heterocycles. The molecule has 1 heterocycles. The molecular weight excluding hydrogens is 530 g/mol. The summed E-state index contributed by atoms with van der Waals surface area (Å²) >= 11 is 3.44. The van der Waals surface area contributed by atoms with Crippen LogP contribution >= 0.6 is 15.9 Å². The Morgan fingerprint density at radius 2 is 1.51 bits per heavy atom. The van der Waals surface area contributed by atoms with Crippen molar-refractivity contribution in [1.82, 2.24) is 0 Å². The summed E-state index contributed by atoms with van der Waals surface area (Å²) in [5.41, 5.74) is 0.774. The van der Waals surface area contributed by atoms with Crippen LogP contribution in [-0.2, 0) is 19.6 Å². The number of Topliss-reactive ketones (excluding diaryl/α,β-unsaturated/α-hetero) is 1. The Morgan fingerprint density at radius 1 is 0.943 bits per heavy atom. The predicted molar refractivity (Wildman–Crippen MR) is 138 cm³/mol. The summed E-state index contributed by atoms with van der Waals surface area (Å²) < 4.78 is 33.2. The van der Waals surface area contributed by atoms with E-state index in [4.69, 9.17) is 4.74 Å². The number of aryl methyl sites for hydroxylation is 1. The largest absolute Gasteiger partial charge is 0.459 e. The highest BCUT2D eigenvalue weighted by molar-refractivity contribution is 9.10. The Bertz CT molecular complexity index is 1380. The summed E-state index contributed by atoms with van der Waals surface area (Å²) in [6, 6.07) is 20.3. The molecule has 0 spiro atoms. The summed E-state index contributed by atoms with van der Waals surface area (Å²) in [6.07, 6.45) is 0. The number of anilines is 1. The summed E-state index contributed by atoms with van der Waals surface area (Å²) in [4.78, 5) is 27.7. The van der Waals surface area contributed by atoms with Crippen molar-refractivity contribution in [1.29, 1.82) is 0 Å². The van der Waals surface area contributed by atoms with Crippen LogP contribution in [0.1, 0.15) is 48.3 Å². The third-order valence-electron chi connectivity index (χ3n) is 5.72. The van der Waals surface area contributed by atoms with Crippen molar-refractivity contribution in [3.63, 3.8) is 0 Å². The van der Waals surface area contributed by atoms with Crippen LogP contribution in [0, 0.1) is 6.92 Å². The van der Waals surface area contributed by atoms with Crippen LogP contribution in [0.2, 0.25) is 0 Å². The number of ketones is 1. The molecule has 4 rings (SSSR count). The highest BCUT2D eigenvalue weighted by atomic mass is 79.9. The van der Waals surface area contributed by atoms with Crippen molar-refractivity contribution in [3.8, 4) is 0 Å². The number of carbonyl (C=O) groups excluding carboxylic acids is 2. The standard InChI is InChI=1S/C27H26BrNO5S/c1-18-14-16-20(17-15-18)35(32,33)29-22-13-9-8-12-21(22)24(30)27(28,25(31)34-26(2,3)4)23(29)19-10-6-5-7-11-19/h5-17,23H,1-4H3/t23-,27-/m1/s1. The summed E-state index contributed by atoms with van der Waals surface area (Å²) in [5, 5.41) is 0. The minimum Gasteiger partial charge on any atom is -0.459 e. The first kappa shape index (κ1) is 25.1. The molecule has 0 N–H and O–H groups in total. The van der Waals surface area contributed by atoms with Crippen LogP contribution in [0.3, 0.4) is 0 Å². The summed E-state index contributed by atoms with van der Waals surface area (Å²) in [6.45, 7) is 6.95. The first-order chi connectivity index (χ1) is 16.4. The van der Waals surface area contributed by atoms with Crippen molar-refractivity contribution < 1.29 is 22.7 Å². The minimum atomic E-state index is -4.22. The van der Waals surface area contributed by atoms with Gasteiger partial charge in [-0.2, -0.15) is 0 Å². The fraction of sp³-hybridized carbons (Fsp3) is 0.259. The molecule has 0 aliphatic carbocycles. The van der Waals surface area contributed by atoms with Crippen LogP contribution in [0.15, 0.2) is 83.8 Å². The Labute approximate surface area is 214 Å². The number of benzene rings is 3. The molecule has 1 aliphatic heterocycles. The predicted octanol–water partition coefficient (Wildman–Crippen LogP) is 5.60. The number of hydrogen-bond donors (Lipinski definition) is 0. The second-order valence-electron chi connectivity index (χ2n) is 9.49. The second-order valence-corrected chi connectivity index (χ2v) is 12.6. The molecule has 6 nitrogen and oxygen atoms in total. The topological polar surface area (TPSA) is 80.8 Å². The van der Waals surface area contributed by atoms with Gasteiger partial charge in [-0.1, -0.05) is 76.1 Å². The van der Waals surface area contributed by atoms with Crippen LogP contribution in [-0.4, -0.2) is 30.1 Å². The summed E-state index contributed by atoms with van der Waals surface area (Å²) in [5.74, 6) is -1.42. The van der Waals surface area contributed by atoms with Crippen molar-refractivity contribution in [2.24, 2.45) is 0 Å². The highest BCUT2D eigenvalue weighted by Crippen LogP contribution is 2.51. The lowest BCUT2D eigenvalue weighted by atomic mass is 9.82. The smallest absolute Gasteiger partial charge is 0.334 e.